The summed E-state index contributed by atoms with van der Waals surface area (Å²) in [6, 6.07) is 10.1. The lowest BCUT2D eigenvalue weighted by Crippen LogP contribution is -2.27. The molecule has 112 valence electrons. The third-order valence-corrected chi connectivity index (χ3v) is 2.95. The second-order valence-corrected chi connectivity index (χ2v) is 4.50. The lowest BCUT2D eigenvalue weighted by atomic mass is 10.3. The number of amides is 1. The van der Waals surface area contributed by atoms with E-state index in [0.29, 0.717) is 6.07 Å². The summed E-state index contributed by atoms with van der Waals surface area (Å²) in [6.45, 7) is -0.408. The van der Waals surface area contributed by atoms with Gasteiger partial charge in [-0.1, -0.05) is 12.1 Å². The van der Waals surface area contributed by atoms with Crippen molar-refractivity contribution < 1.29 is 18.3 Å². The first kappa shape index (κ1) is 14.0. The van der Waals surface area contributed by atoms with Gasteiger partial charge in [0.15, 0.2) is 18.2 Å². The molecule has 1 N–H and O–H groups in total. The molecule has 0 saturated heterocycles. The zero-order valence-electron chi connectivity index (χ0n) is 11.3. The van der Waals surface area contributed by atoms with Crippen LogP contribution in [0.3, 0.4) is 0 Å². The molecule has 3 rings (SSSR count). The minimum atomic E-state index is -0.860. The number of halogens is 2. The number of para-hydroxylation sites is 2. The van der Waals surface area contributed by atoms with Gasteiger partial charge >= 0.3 is 0 Å². The van der Waals surface area contributed by atoms with Crippen molar-refractivity contribution in [2.24, 2.45) is 0 Å². The third kappa shape index (κ3) is 2.88. The molecule has 0 spiro atoms. The third-order valence-electron chi connectivity index (χ3n) is 2.95. The maximum Gasteiger partial charge on any atom is 0.276 e. The van der Waals surface area contributed by atoms with Crippen LogP contribution in [-0.2, 0) is 4.79 Å². The Bertz CT molecular complexity index is 833. The van der Waals surface area contributed by atoms with Gasteiger partial charge in [-0.25, -0.2) is 18.4 Å². The van der Waals surface area contributed by atoms with Crippen LogP contribution in [0.2, 0.25) is 0 Å². The first-order valence-electron chi connectivity index (χ1n) is 6.43. The quantitative estimate of drug-likeness (QED) is 0.805. The summed E-state index contributed by atoms with van der Waals surface area (Å²) in [5, 5.41) is 0. The van der Waals surface area contributed by atoms with Gasteiger partial charge < -0.3 is 4.74 Å². The number of imidazole rings is 1. The van der Waals surface area contributed by atoms with Gasteiger partial charge in [0.25, 0.3) is 5.91 Å². The zero-order chi connectivity index (χ0) is 15.5. The summed E-state index contributed by atoms with van der Waals surface area (Å²) in [5.41, 5.74) is 4.02. The Morgan fingerprint density at radius 2 is 2.05 bits per heavy atom. The Morgan fingerprint density at radius 3 is 2.86 bits per heavy atom. The Morgan fingerprint density at radius 1 is 1.23 bits per heavy atom. The van der Waals surface area contributed by atoms with Crippen LogP contribution in [0.4, 0.5) is 8.78 Å². The molecule has 0 saturated carbocycles. The van der Waals surface area contributed by atoms with Crippen LogP contribution in [-0.4, -0.2) is 22.2 Å². The predicted molar refractivity (Wildman–Crippen MR) is 76.0 cm³/mol. The molecule has 0 aliphatic carbocycles. The van der Waals surface area contributed by atoms with Crippen LogP contribution >= 0.6 is 0 Å². The van der Waals surface area contributed by atoms with Gasteiger partial charge in [-0.2, -0.15) is 0 Å². The van der Waals surface area contributed by atoms with E-state index in [1.54, 1.807) is 6.07 Å². The predicted octanol–water partition coefficient (Wildman–Crippen LogP) is 2.46. The number of hydrogen-bond acceptors (Lipinski definition) is 3. The van der Waals surface area contributed by atoms with Crippen molar-refractivity contribution in [2.45, 2.75) is 0 Å². The van der Waals surface area contributed by atoms with Gasteiger partial charge in [-0.05, 0) is 24.3 Å². The van der Waals surface area contributed by atoms with Gasteiger partial charge in [0.1, 0.15) is 12.1 Å². The van der Waals surface area contributed by atoms with E-state index in [1.807, 2.05) is 18.2 Å². The molecule has 0 fully saturated rings. The molecule has 2 aromatic carbocycles. The number of carbonyl (C=O) groups excluding carboxylic acids is 1. The highest BCUT2D eigenvalue weighted by Crippen LogP contribution is 2.17. The molecular weight excluding hydrogens is 292 g/mol. The molecule has 0 radical (unpaired) electrons. The number of aromatic nitrogens is 2. The van der Waals surface area contributed by atoms with E-state index in [0.717, 1.165) is 23.2 Å². The van der Waals surface area contributed by atoms with Crippen molar-refractivity contribution in [1.82, 2.24) is 9.66 Å². The molecule has 0 aliphatic heterocycles. The normalized spacial score (nSPS) is 10.6. The van der Waals surface area contributed by atoms with Gasteiger partial charge in [0.2, 0.25) is 0 Å². The maximum atomic E-state index is 13.4. The standard InChI is InChI=1S/C15H11F2N3O2/c16-10-5-6-14(11(17)7-10)22-8-15(21)19-20-9-18-12-3-1-2-4-13(12)20/h1-7,9H,8H2,(H,19,21). The molecule has 0 aliphatic rings. The summed E-state index contributed by atoms with van der Waals surface area (Å²) in [7, 11) is 0. The Kier molecular flexibility index (Phi) is 3.69. The number of nitrogens with one attached hydrogen (secondary N) is 1. The van der Waals surface area contributed by atoms with Crippen LogP contribution in [0.1, 0.15) is 0 Å². The first-order valence-corrected chi connectivity index (χ1v) is 6.43. The molecule has 0 bridgehead atoms. The largest absolute Gasteiger partial charge is 0.481 e. The summed E-state index contributed by atoms with van der Waals surface area (Å²) in [6.07, 6.45) is 1.46. The van der Waals surface area contributed by atoms with Gasteiger partial charge in [0, 0.05) is 6.07 Å². The van der Waals surface area contributed by atoms with Crippen LogP contribution in [0.15, 0.2) is 48.8 Å². The molecule has 0 atom stereocenters. The van der Waals surface area contributed by atoms with Crippen molar-refractivity contribution in [3.05, 3.63) is 60.4 Å². The highest BCUT2D eigenvalue weighted by molar-refractivity contribution is 5.87. The van der Waals surface area contributed by atoms with Gasteiger partial charge in [-0.15, -0.1) is 0 Å². The second kappa shape index (κ2) is 5.80. The number of carbonyl (C=O) groups is 1. The molecule has 1 amide bonds. The van der Waals surface area contributed by atoms with Crippen LogP contribution in [0.5, 0.6) is 5.75 Å². The highest BCUT2D eigenvalue weighted by atomic mass is 19.1. The average Bonchev–Trinajstić information content (AvgIpc) is 2.90. The fraction of sp³-hybridized carbons (Fsp3) is 0.0667. The Labute approximate surface area is 124 Å². The second-order valence-electron chi connectivity index (χ2n) is 4.50. The monoisotopic (exact) mass is 303 g/mol. The Hall–Kier alpha value is -2.96. The van der Waals surface area contributed by atoms with Crippen molar-refractivity contribution in [2.75, 3.05) is 12.0 Å². The number of rotatable bonds is 4. The van der Waals surface area contributed by atoms with E-state index >= 15 is 0 Å². The van der Waals surface area contributed by atoms with Gasteiger partial charge in [0.05, 0.1) is 11.0 Å². The summed E-state index contributed by atoms with van der Waals surface area (Å²) >= 11 is 0. The number of nitrogens with zero attached hydrogens (tertiary/aromatic N) is 2. The van der Waals surface area contributed by atoms with E-state index in [2.05, 4.69) is 10.4 Å². The summed E-state index contributed by atoms with van der Waals surface area (Å²) in [5.74, 6) is -2.25. The van der Waals surface area contributed by atoms with E-state index in [4.69, 9.17) is 4.74 Å². The molecule has 22 heavy (non-hydrogen) atoms. The van der Waals surface area contributed by atoms with Crippen molar-refractivity contribution in [1.29, 1.82) is 0 Å². The van der Waals surface area contributed by atoms with Crippen molar-refractivity contribution in [3.63, 3.8) is 0 Å². The fourth-order valence-corrected chi connectivity index (χ4v) is 1.95. The highest BCUT2D eigenvalue weighted by Gasteiger charge is 2.09. The molecule has 1 heterocycles. The van der Waals surface area contributed by atoms with Crippen LogP contribution in [0.25, 0.3) is 11.0 Å². The van der Waals surface area contributed by atoms with E-state index in [-0.39, 0.29) is 5.75 Å². The number of benzene rings is 2. The van der Waals surface area contributed by atoms with Crippen molar-refractivity contribution in [3.8, 4) is 5.75 Å². The zero-order valence-corrected chi connectivity index (χ0v) is 11.3. The molecule has 5 nitrogen and oxygen atoms in total. The Balaban J connectivity index is 1.65. The van der Waals surface area contributed by atoms with Crippen LogP contribution < -0.4 is 10.2 Å². The minimum Gasteiger partial charge on any atom is -0.481 e. The number of fused-ring (bicyclic) bond motifs is 1. The van der Waals surface area contributed by atoms with Gasteiger partial charge in [-0.3, -0.25) is 10.2 Å². The lowest BCUT2D eigenvalue weighted by molar-refractivity contribution is -0.119. The summed E-state index contributed by atoms with van der Waals surface area (Å²) in [4.78, 5) is 15.9. The SMILES string of the molecule is O=C(COc1ccc(F)cc1F)Nn1cnc2ccccc21. The van der Waals surface area contributed by atoms with E-state index in [9.17, 15) is 13.6 Å². The molecule has 7 heteroatoms. The average molecular weight is 303 g/mol. The van der Waals surface area contributed by atoms with Crippen molar-refractivity contribution >= 4 is 16.9 Å². The number of ether oxygens (including phenoxy) is 1. The molecule has 1 aromatic heterocycles. The molecule has 0 unspecified atom stereocenters. The minimum absolute atomic E-state index is 0.188. The summed E-state index contributed by atoms with van der Waals surface area (Å²) < 4.78 is 32.6. The van der Waals surface area contributed by atoms with E-state index < -0.39 is 24.1 Å². The molecular formula is C15H11F2N3O2. The maximum absolute atomic E-state index is 13.4. The first-order chi connectivity index (χ1) is 10.6. The fourth-order valence-electron chi connectivity index (χ4n) is 1.95. The number of hydrogen-bond donors (Lipinski definition) is 1. The lowest BCUT2D eigenvalue weighted by Gasteiger charge is -2.09. The topological polar surface area (TPSA) is 56.1 Å². The molecule has 3 aromatic rings. The smallest absolute Gasteiger partial charge is 0.276 e. The van der Waals surface area contributed by atoms with Crippen LogP contribution in [0, 0.1) is 11.6 Å². The van der Waals surface area contributed by atoms with E-state index in [1.165, 1.54) is 11.0 Å².